The fraction of sp³-hybridized carbons (Fsp3) is 0. The van der Waals surface area contributed by atoms with E-state index in [1.165, 1.54) is 92.7 Å². The molecule has 232 valence electrons. The Labute approximate surface area is 288 Å². The van der Waals surface area contributed by atoms with Crippen LogP contribution in [0, 0.1) is 0 Å². The zero-order valence-corrected chi connectivity index (χ0v) is 27.2. The van der Waals surface area contributed by atoms with Crippen molar-refractivity contribution >= 4 is 75.9 Å². The summed E-state index contributed by atoms with van der Waals surface area (Å²) in [7, 11) is 0. The quantitative estimate of drug-likeness (QED) is 0.171. The molecular weight excluding hydrogens is 605 g/mol. The third-order valence-corrected chi connectivity index (χ3v) is 10.7. The normalized spacial score (nSPS) is 12.0. The van der Waals surface area contributed by atoms with Crippen molar-refractivity contribution in [3.63, 3.8) is 0 Å². The van der Waals surface area contributed by atoms with Crippen LogP contribution in [0.5, 0.6) is 0 Å². The van der Waals surface area contributed by atoms with E-state index in [9.17, 15) is 0 Å². The maximum atomic E-state index is 2.45. The molecule has 2 nitrogen and oxygen atoms in total. The Kier molecular flexibility index (Phi) is 5.70. The smallest absolute Gasteiger partial charge is 0.0562 e. The van der Waals surface area contributed by atoms with Crippen LogP contribution in [0.1, 0.15) is 0 Å². The van der Waals surface area contributed by atoms with Crippen molar-refractivity contribution in [2.75, 3.05) is 0 Å². The largest absolute Gasteiger partial charge is 0.309 e. The average Bonchev–Trinajstić information content (AvgIpc) is 3.69. The minimum atomic E-state index is 1.15. The molecule has 11 aromatic rings. The highest BCUT2D eigenvalue weighted by atomic mass is 15.0. The number of hydrogen-bond acceptors (Lipinski definition) is 0. The summed E-state index contributed by atoms with van der Waals surface area (Å²) in [5, 5.41) is 12.8. The van der Waals surface area contributed by atoms with Crippen LogP contribution in [0.4, 0.5) is 0 Å². The van der Waals surface area contributed by atoms with Crippen LogP contribution < -0.4 is 0 Å². The fourth-order valence-corrected chi connectivity index (χ4v) is 8.48. The van der Waals surface area contributed by atoms with E-state index in [4.69, 9.17) is 0 Å². The number of nitrogens with zero attached hydrogens (tertiary/aromatic N) is 2. The summed E-state index contributed by atoms with van der Waals surface area (Å²) in [6.07, 6.45) is 0. The van der Waals surface area contributed by atoms with Crippen molar-refractivity contribution in [3.8, 4) is 22.5 Å². The predicted molar refractivity (Wildman–Crippen MR) is 213 cm³/mol. The minimum Gasteiger partial charge on any atom is -0.309 e. The summed E-state index contributed by atoms with van der Waals surface area (Å²) in [6.45, 7) is 0. The maximum Gasteiger partial charge on any atom is 0.0562 e. The van der Waals surface area contributed by atoms with Gasteiger partial charge in [0.2, 0.25) is 0 Å². The van der Waals surface area contributed by atoms with Gasteiger partial charge in [0.25, 0.3) is 0 Å². The van der Waals surface area contributed by atoms with E-state index in [-0.39, 0.29) is 0 Å². The van der Waals surface area contributed by atoms with Crippen LogP contribution in [0.25, 0.3) is 98.4 Å². The molecular formula is C48H30N2. The van der Waals surface area contributed by atoms with Gasteiger partial charge in [-0.3, -0.25) is 0 Å². The van der Waals surface area contributed by atoms with Crippen molar-refractivity contribution in [1.29, 1.82) is 0 Å². The molecule has 0 aliphatic carbocycles. The molecule has 0 N–H and O–H groups in total. The van der Waals surface area contributed by atoms with Crippen LogP contribution in [0.15, 0.2) is 182 Å². The average molecular weight is 635 g/mol. The van der Waals surface area contributed by atoms with Crippen molar-refractivity contribution < 1.29 is 0 Å². The molecule has 11 rings (SSSR count). The van der Waals surface area contributed by atoms with Gasteiger partial charge in [0, 0.05) is 32.9 Å². The first-order valence-corrected chi connectivity index (χ1v) is 17.3. The minimum absolute atomic E-state index is 1.15. The Morgan fingerprint density at radius 3 is 1.30 bits per heavy atom. The monoisotopic (exact) mass is 634 g/mol. The molecule has 2 heterocycles. The van der Waals surface area contributed by atoms with Crippen molar-refractivity contribution in [2.45, 2.75) is 0 Å². The van der Waals surface area contributed by atoms with E-state index in [0.29, 0.717) is 0 Å². The van der Waals surface area contributed by atoms with E-state index in [0.717, 1.165) is 5.69 Å². The number of benzene rings is 9. The molecule has 50 heavy (non-hydrogen) atoms. The summed E-state index contributed by atoms with van der Waals surface area (Å²) in [5.41, 5.74) is 9.57. The van der Waals surface area contributed by atoms with Gasteiger partial charge in [0.15, 0.2) is 0 Å². The van der Waals surface area contributed by atoms with Gasteiger partial charge in [-0.15, -0.1) is 0 Å². The molecule has 2 heteroatoms. The number of aromatic nitrogens is 2. The molecule has 2 aromatic heterocycles. The fourth-order valence-electron chi connectivity index (χ4n) is 8.48. The molecule has 0 amide bonds. The van der Waals surface area contributed by atoms with Crippen LogP contribution in [-0.2, 0) is 0 Å². The van der Waals surface area contributed by atoms with Crippen molar-refractivity contribution in [1.82, 2.24) is 9.13 Å². The first kappa shape index (κ1) is 27.3. The summed E-state index contributed by atoms with van der Waals surface area (Å²) in [4.78, 5) is 0. The highest BCUT2D eigenvalue weighted by Crippen LogP contribution is 2.41. The molecule has 0 bridgehead atoms. The van der Waals surface area contributed by atoms with E-state index >= 15 is 0 Å². The van der Waals surface area contributed by atoms with Gasteiger partial charge in [-0.05, 0) is 98.0 Å². The molecule has 0 unspecified atom stereocenters. The Hall–Kier alpha value is -6.64. The van der Waals surface area contributed by atoms with Gasteiger partial charge in [-0.2, -0.15) is 0 Å². The Balaban J connectivity index is 1.17. The van der Waals surface area contributed by atoms with Gasteiger partial charge < -0.3 is 9.13 Å². The van der Waals surface area contributed by atoms with Crippen molar-refractivity contribution in [3.05, 3.63) is 182 Å². The molecule has 0 saturated heterocycles. The van der Waals surface area contributed by atoms with Crippen LogP contribution >= 0.6 is 0 Å². The molecule has 0 atom stereocenters. The topological polar surface area (TPSA) is 9.86 Å². The lowest BCUT2D eigenvalue weighted by atomic mass is 9.92. The standard InChI is InChI=1S/C48H30N2/c1-2-14-33(15-3-1)49-45-23-10-8-21-40(45)43-29-44-41-22-9-11-24-46(41)50(48(44)30-47(43)49)34-16-12-13-31(27-34)32-25-26-39-37-19-5-4-17-35(37)36-18-6-7-20-38(36)42(39)28-32/h1-30H. The number of fused-ring (bicyclic) bond motifs is 12. The summed E-state index contributed by atoms with van der Waals surface area (Å²) >= 11 is 0. The zero-order valence-electron chi connectivity index (χ0n) is 27.2. The van der Waals surface area contributed by atoms with Gasteiger partial charge in [0.1, 0.15) is 0 Å². The van der Waals surface area contributed by atoms with E-state index in [1.54, 1.807) is 0 Å². The van der Waals surface area contributed by atoms with Crippen LogP contribution in [0.2, 0.25) is 0 Å². The van der Waals surface area contributed by atoms with Crippen molar-refractivity contribution in [2.24, 2.45) is 0 Å². The number of para-hydroxylation sites is 3. The molecule has 0 fully saturated rings. The molecule has 0 spiro atoms. The molecule has 0 aliphatic rings. The lowest BCUT2D eigenvalue weighted by Gasteiger charge is -2.13. The second kappa shape index (κ2) is 10.4. The van der Waals surface area contributed by atoms with E-state index < -0.39 is 0 Å². The first-order valence-electron chi connectivity index (χ1n) is 17.3. The summed E-state index contributed by atoms with van der Waals surface area (Å²) < 4.78 is 4.86. The van der Waals surface area contributed by atoms with Crippen LogP contribution in [-0.4, -0.2) is 9.13 Å². The van der Waals surface area contributed by atoms with Crippen LogP contribution in [0.3, 0.4) is 0 Å². The maximum absolute atomic E-state index is 2.45. The van der Waals surface area contributed by atoms with E-state index in [2.05, 4.69) is 191 Å². The highest BCUT2D eigenvalue weighted by molar-refractivity contribution is 6.26. The second-order valence-electron chi connectivity index (χ2n) is 13.3. The molecule has 0 aliphatic heterocycles. The number of hydrogen-bond donors (Lipinski definition) is 0. The Bertz CT molecular complexity index is 3110. The predicted octanol–water partition coefficient (Wildman–Crippen LogP) is 13.0. The molecule has 0 radical (unpaired) electrons. The van der Waals surface area contributed by atoms with Gasteiger partial charge >= 0.3 is 0 Å². The van der Waals surface area contributed by atoms with Gasteiger partial charge in [0.05, 0.1) is 22.1 Å². The lowest BCUT2D eigenvalue weighted by Crippen LogP contribution is -1.96. The first-order chi connectivity index (χ1) is 24.8. The molecule has 0 saturated carbocycles. The highest BCUT2D eigenvalue weighted by Gasteiger charge is 2.19. The molecule has 9 aromatic carbocycles. The van der Waals surface area contributed by atoms with Gasteiger partial charge in [-0.25, -0.2) is 0 Å². The zero-order chi connectivity index (χ0) is 32.8. The Morgan fingerprint density at radius 2 is 0.680 bits per heavy atom. The van der Waals surface area contributed by atoms with E-state index in [1.807, 2.05) is 0 Å². The second-order valence-corrected chi connectivity index (χ2v) is 13.3. The SMILES string of the molecule is c1ccc(-n2c3ccccc3c3cc4c5ccccc5n(-c5cccc(-c6ccc7c8ccccc8c8ccccc8c7c6)c5)c4cc32)cc1. The lowest BCUT2D eigenvalue weighted by molar-refractivity contribution is 1.16. The number of rotatable bonds is 3. The Morgan fingerprint density at radius 1 is 0.220 bits per heavy atom. The van der Waals surface area contributed by atoms with Gasteiger partial charge in [-0.1, -0.05) is 127 Å². The third kappa shape index (κ3) is 3.85. The summed E-state index contributed by atoms with van der Waals surface area (Å²) in [6, 6.07) is 66.8. The summed E-state index contributed by atoms with van der Waals surface area (Å²) in [5.74, 6) is 0. The third-order valence-electron chi connectivity index (χ3n) is 10.7.